The molecule has 142 valence electrons. The van der Waals surface area contributed by atoms with Crippen LogP contribution in [0.4, 0.5) is 13.2 Å². The van der Waals surface area contributed by atoms with Gasteiger partial charge in [0.2, 0.25) is 0 Å². The molecule has 1 atom stereocenters. The lowest BCUT2D eigenvalue weighted by atomic mass is 10.2. The summed E-state index contributed by atoms with van der Waals surface area (Å²) in [7, 11) is 1.67. The standard InChI is InChI=1S/C16H22F3N3OS.HI/c1-20-15(22-10-13-6-4-8-24-13)21-9-12-5-2-3-7-14(12)23-11-16(17,18)19;/h2-3,5,7,13H,4,6,8-11H2,1H3,(H2,20,21,22);1H. The maximum Gasteiger partial charge on any atom is 0.422 e. The molecule has 25 heavy (non-hydrogen) atoms. The number of halogens is 4. The largest absolute Gasteiger partial charge is 0.484 e. The van der Waals surface area contributed by atoms with Crippen molar-refractivity contribution in [3.63, 3.8) is 0 Å². The number of ether oxygens (including phenoxy) is 1. The third kappa shape index (κ3) is 8.39. The Hall–Kier alpha value is -0.840. The third-order valence-electron chi connectivity index (χ3n) is 3.56. The van der Waals surface area contributed by atoms with Crippen molar-refractivity contribution >= 4 is 41.7 Å². The number of para-hydroxylation sites is 1. The molecule has 1 aromatic carbocycles. The predicted octanol–water partition coefficient (Wildman–Crippen LogP) is 3.81. The first kappa shape index (κ1) is 22.2. The zero-order chi connectivity index (χ0) is 17.4. The molecule has 1 aliphatic rings. The van der Waals surface area contributed by atoms with Crippen molar-refractivity contribution in [1.29, 1.82) is 0 Å². The molecule has 1 unspecified atom stereocenters. The Labute approximate surface area is 167 Å². The van der Waals surface area contributed by atoms with Crippen LogP contribution in [0.2, 0.25) is 0 Å². The van der Waals surface area contributed by atoms with E-state index in [0.717, 1.165) is 6.54 Å². The zero-order valence-corrected chi connectivity index (χ0v) is 17.1. The van der Waals surface area contributed by atoms with Gasteiger partial charge in [-0.05, 0) is 24.7 Å². The van der Waals surface area contributed by atoms with E-state index < -0.39 is 12.8 Å². The number of benzene rings is 1. The molecule has 1 aromatic rings. The van der Waals surface area contributed by atoms with E-state index in [1.165, 1.54) is 24.7 Å². The molecular weight excluding hydrogens is 466 g/mol. The highest BCUT2D eigenvalue weighted by Crippen LogP contribution is 2.25. The lowest BCUT2D eigenvalue weighted by molar-refractivity contribution is -0.153. The topological polar surface area (TPSA) is 45.7 Å². The van der Waals surface area contributed by atoms with Crippen molar-refractivity contribution < 1.29 is 17.9 Å². The highest BCUT2D eigenvalue weighted by molar-refractivity contribution is 14.0. The Kier molecular flexibility index (Phi) is 9.77. The van der Waals surface area contributed by atoms with Gasteiger partial charge < -0.3 is 15.4 Å². The maximum absolute atomic E-state index is 12.3. The summed E-state index contributed by atoms with van der Waals surface area (Å²) in [6, 6.07) is 6.69. The van der Waals surface area contributed by atoms with Crippen LogP contribution in [0.5, 0.6) is 5.75 Å². The summed E-state index contributed by atoms with van der Waals surface area (Å²) < 4.78 is 41.8. The number of hydrogen-bond donors (Lipinski definition) is 2. The van der Waals surface area contributed by atoms with Crippen molar-refractivity contribution in [3.8, 4) is 5.75 Å². The lowest BCUT2D eigenvalue weighted by Gasteiger charge is -2.17. The molecule has 2 N–H and O–H groups in total. The SMILES string of the molecule is CN=C(NCc1ccccc1OCC(F)(F)F)NCC1CCCS1.I. The number of thioether (sulfide) groups is 1. The van der Waals surface area contributed by atoms with Gasteiger partial charge in [-0.1, -0.05) is 18.2 Å². The van der Waals surface area contributed by atoms with Crippen molar-refractivity contribution in [3.05, 3.63) is 29.8 Å². The average Bonchev–Trinajstić information content (AvgIpc) is 3.06. The van der Waals surface area contributed by atoms with Gasteiger partial charge >= 0.3 is 6.18 Å². The molecule has 0 saturated carbocycles. The molecule has 1 fully saturated rings. The van der Waals surface area contributed by atoms with E-state index in [-0.39, 0.29) is 29.7 Å². The van der Waals surface area contributed by atoms with Gasteiger partial charge in [-0.25, -0.2) is 0 Å². The van der Waals surface area contributed by atoms with Gasteiger partial charge in [-0.3, -0.25) is 4.99 Å². The third-order valence-corrected chi connectivity index (χ3v) is 4.95. The first-order chi connectivity index (χ1) is 11.5. The van der Waals surface area contributed by atoms with Gasteiger partial charge in [0.1, 0.15) is 5.75 Å². The van der Waals surface area contributed by atoms with Crippen LogP contribution in [0.3, 0.4) is 0 Å². The number of rotatable bonds is 6. The second-order valence-electron chi connectivity index (χ2n) is 5.45. The highest BCUT2D eigenvalue weighted by atomic mass is 127. The fraction of sp³-hybridized carbons (Fsp3) is 0.562. The fourth-order valence-corrected chi connectivity index (χ4v) is 3.57. The normalized spacial score (nSPS) is 17.8. The monoisotopic (exact) mass is 489 g/mol. The number of nitrogens with one attached hydrogen (secondary N) is 2. The Morgan fingerprint density at radius 1 is 1.32 bits per heavy atom. The van der Waals surface area contributed by atoms with Gasteiger partial charge in [0.05, 0.1) is 0 Å². The smallest absolute Gasteiger partial charge is 0.422 e. The molecule has 0 spiro atoms. The lowest BCUT2D eigenvalue weighted by Crippen LogP contribution is -2.39. The number of hydrogen-bond acceptors (Lipinski definition) is 3. The van der Waals surface area contributed by atoms with E-state index >= 15 is 0 Å². The number of nitrogens with zero attached hydrogens (tertiary/aromatic N) is 1. The van der Waals surface area contributed by atoms with E-state index in [1.807, 2.05) is 11.8 Å². The summed E-state index contributed by atoms with van der Waals surface area (Å²) in [5.41, 5.74) is 0.653. The first-order valence-corrected chi connectivity index (χ1v) is 8.86. The molecule has 1 aliphatic heterocycles. The minimum absolute atomic E-state index is 0. The fourth-order valence-electron chi connectivity index (χ4n) is 2.37. The Morgan fingerprint density at radius 2 is 2.08 bits per heavy atom. The summed E-state index contributed by atoms with van der Waals surface area (Å²) in [6.45, 7) is -0.127. The first-order valence-electron chi connectivity index (χ1n) is 7.81. The Bertz CT molecular complexity index is 552. The summed E-state index contributed by atoms with van der Waals surface area (Å²) >= 11 is 1.95. The molecule has 0 radical (unpaired) electrons. The summed E-state index contributed by atoms with van der Waals surface area (Å²) in [6.07, 6.45) is -1.91. The summed E-state index contributed by atoms with van der Waals surface area (Å²) in [5.74, 6) is 2.06. The molecule has 0 aliphatic carbocycles. The maximum atomic E-state index is 12.3. The van der Waals surface area contributed by atoms with Crippen LogP contribution in [-0.2, 0) is 6.54 Å². The van der Waals surface area contributed by atoms with Crippen LogP contribution in [0.15, 0.2) is 29.3 Å². The Balaban J connectivity index is 0.00000312. The second-order valence-corrected chi connectivity index (χ2v) is 6.86. The molecule has 9 heteroatoms. The molecule has 4 nitrogen and oxygen atoms in total. The van der Waals surface area contributed by atoms with Crippen LogP contribution in [0.25, 0.3) is 0 Å². The molecule has 1 heterocycles. The van der Waals surface area contributed by atoms with E-state index in [1.54, 1.807) is 25.2 Å². The average molecular weight is 489 g/mol. The predicted molar refractivity (Wildman–Crippen MR) is 107 cm³/mol. The highest BCUT2D eigenvalue weighted by Gasteiger charge is 2.28. The van der Waals surface area contributed by atoms with Gasteiger partial charge in [0, 0.05) is 31.0 Å². The molecule has 2 rings (SSSR count). The Morgan fingerprint density at radius 3 is 2.72 bits per heavy atom. The van der Waals surface area contributed by atoms with Crippen LogP contribution >= 0.6 is 35.7 Å². The number of guanidine groups is 1. The van der Waals surface area contributed by atoms with E-state index in [4.69, 9.17) is 4.74 Å². The van der Waals surface area contributed by atoms with Crippen molar-refractivity contribution in [1.82, 2.24) is 10.6 Å². The second kappa shape index (κ2) is 11.0. The van der Waals surface area contributed by atoms with Gasteiger partial charge in [-0.2, -0.15) is 24.9 Å². The quantitative estimate of drug-likeness (QED) is 0.363. The molecule has 0 bridgehead atoms. The minimum Gasteiger partial charge on any atom is -0.484 e. The zero-order valence-electron chi connectivity index (χ0n) is 13.9. The number of aliphatic imine (C=N–C) groups is 1. The van der Waals surface area contributed by atoms with Crippen LogP contribution in [0, 0.1) is 0 Å². The van der Waals surface area contributed by atoms with Crippen LogP contribution in [0.1, 0.15) is 18.4 Å². The van der Waals surface area contributed by atoms with Crippen LogP contribution < -0.4 is 15.4 Å². The molecule has 0 aromatic heterocycles. The molecular formula is C16H23F3IN3OS. The number of alkyl halides is 3. The van der Waals surface area contributed by atoms with Crippen LogP contribution in [-0.4, -0.2) is 43.3 Å². The van der Waals surface area contributed by atoms with E-state index in [0.29, 0.717) is 23.3 Å². The van der Waals surface area contributed by atoms with Gasteiger partial charge in [0.25, 0.3) is 0 Å². The van der Waals surface area contributed by atoms with Gasteiger partial charge in [-0.15, -0.1) is 24.0 Å². The summed E-state index contributed by atoms with van der Waals surface area (Å²) in [4.78, 5) is 4.14. The van der Waals surface area contributed by atoms with Gasteiger partial charge in [0.15, 0.2) is 12.6 Å². The van der Waals surface area contributed by atoms with Crippen molar-refractivity contribution in [2.45, 2.75) is 30.8 Å². The van der Waals surface area contributed by atoms with Crippen molar-refractivity contribution in [2.24, 2.45) is 4.99 Å². The van der Waals surface area contributed by atoms with E-state index in [2.05, 4.69) is 15.6 Å². The summed E-state index contributed by atoms with van der Waals surface area (Å²) in [5, 5.41) is 6.96. The molecule has 1 saturated heterocycles. The van der Waals surface area contributed by atoms with E-state index in [9.17, 15) is 13.2 Å². The van der Waals surface area contributed by atoms with Crippen molar-refractivity contribution in [2.75, 3.05) is 26.0 Å². The molecule has 0 amide bonds. The minimum atomic E-state index is -4.35.